The molecular weight excluding hydrogens is 338 g/mol. The second-order valence-corrected chi connectivity index (χ2v) is 8.59. The number of thioether (sulfide) groups is 1. The Labute approximate surface area is 150 Å². The zero-order valence-corrected chi connectivity index (χ0v) is 15.9. The summed E-state index contributed by atoms with van der Waals surface area (Å²) in [6.07, 6.45) is 5.13. The van der Waals surface area contributed by atoms with Crippen LogP contribution in [0.1, 0.15) is 17.5 Å². The lowest BCUT2D eigenvalue weighted by Gasteiger charge is -2.10. The van der Waals surface area contributed by atoms with Crippen molar-refractivity contribution in [2.75, 3.05) is 6.26 Å². The number of nitrogens with zero attached hydrogens (tertiary/aromatic N) is 1. The van der Waals surface area contributed by atoms with Gasteiger partial charge in [0.2, 0.25) is 0 Å². The lowest BCUT2D eigenvalue weighted by molar-refractivity contribution is 1.09. The van der Waals surface area contributed by atoms with Gasteiger partial charge < -0.3 is 0 Å². The molecule has 0 unspecified atom stereocenters. The van der Waals surface area contributed by atoms with Crippen LogP contribution in [-0.2, 0) is 6.42 Å². The standard InChI is InChI=1S/C19H19NS3/c1-4-18-20-12-19(23-18)22-15-9-10-17(21-3)16(11-15)14-7-5-13(2)6-8-14/h5-12H,4H2,1-3H3. The molecule has 0 saturated heterocycles. The number of rotatable bonds is 5. The van der Waals surface area contributed by atoms with E-state index >= 15 is 0 Å². The maximum Gasteiger partial charge on any atom is 0.0934 e. The number of aryl methyl sites for hydroxylation is 2. The molecule has 0 aliphatic rings. The van der Waals surface area contributed by atoms with Crippen molar-refractivity contribution < 1.29 is 0 Å². The Morgan fingerprint density at radius 1 is 1.09 bits per heavy atom. The molecule has 0 N–H and O–H groups in total. The van der Waals surface area contributed by atoms with E-state index in [0.717, 1.165) is 6.42 Å². The Bertz CT molecular complexity index is 791. The van der Waals surface area contributed by atoms with Crippen LogP contribution in [0.5, 0.6) is 0 Å². The Hall–Kier alpha value is -1.23. The lowest BCUT2D eigenvalue weighted by Crippen LogP contribution is -1.84. The number of hydrogen-bond acceptors (Lipinski definition) is 4. The van der Waals surface area contributed by atoms with Gasteiger partial charge in [-0.1, -0.05) is 48.5 Å². The Morgan fingerprint density at radius 3 is 2.52 bits per heavy atom. The van der Waals surface area contributed by atoms with Gasteiger partial charge in [-0.25, -0.2) is 4.98 Å². The minimum atomic E-state index is 1.01. The van der Waals surface area contributed by atoms with Crippen molar-refractivity contribution in [1.29, 1.82) is 0 Å². The molecule has 0 amide bonds. The average Bonchev–Trinajstić information content (AvgIpc) is 3.03. The molecule has 1 heterocycles. The van der Waals surface area contributed by atoms with Gasteiger partial charge in [0.25, 0.3) is 0 Å². The van der Waals surface area contributed by atoms with Crippen molar-refractivity contribution in [2.45, 2.75) is 34.3 Å². The molecule has 3 rings (SSSR count). The highest BCUT2D eigenvalue weighted by Gasteiger charge is 2.08. The van der Waals surface area contributed by atoms with Crippen LogP contribution in [0.25, 0.3) is 11.1 Å². The molecule has 2 aromatic carbocycles. The predicted molar refractivity (Wildman–Crippen MR) is 104 cm³/mol. The summed E-state index contributed by atoms with van der Waals surface area (Å²) < 4.78 is 1.26. The molecule has 23 heavy (non-hydrogen) atoms. The zero-order chi connectivity index (χ0) is 16.2. The van der Waals surface area contributed by atoms with E-state index in [0.29, 0.717) is 0 Å². The van der Waals surface area contributed by atoms with Gasteiger partial charge >= 0.3 is 0 Å². The first-order valence-electron chi connectivity index (χ1n) is 7.57. The molecule has 0 bridgehead atoms. The Morgan fingerprint density at radius 2 is 1.87 bits per heavy atom. The lowest BCUT2D eigenvalue weighted by atomic mass is 10.0. The van der Waals surface area contributed by atoms with Crippen LogP contribution in [0, 0.1) is 6.92 Å². The quantitative estimate of drug-likeness (QED) is 0.480. The Kier molecular flexibility index (Phi) is 5.46. The molecule has 0 fully saturated rings. The van der Waals surface area contributed by atoms with Gasteiger partial charge in [-0.05, 0) is 48.9 Å². The maximum atomic E-state index is 4.45. The van der Waals surface area contributed by atoms with Crippen LogP contribution in [0.4, 0.5) is 0 Å². The summed E-state index contributed by atoms with van der Waals surface area (Å²) in [7, 11) is 0. The van der Waals surface area contributed by atoms with Crippen molar-refractivity contribution in [3.05, 3.63) is 59.2 Å². The number of thiazole rings is 1. The average molecular weight is 358 g/mol. The zero-order valence-electron chi connectivity index (χ0n) is 13.5. The molecular formula is C19H19NS3. The predicted octanol–water partition coefficient (Wildman–Crippen LogP) is 6.55. The first kappa shape index (κ1) is 16.6. The molecule has 3 aromatic rings. The molecule has 0 atom stereocenters. The fourth-order valence-electron chi connectivity index (χ4n) is 2.33. The van der Waals surface area contributed by atoms with Crippen LogP contribution < -0.4 is 0 Å². The minimum absolute atomic E-state index is 1.01. The minimum Gasteiger partial charge on any atom is -0.248 e. The SMILES string of the molecule is CCc1ncc(Sc2ccc(SC)c(-c3ccc(C)cc3)c2)s1. The number of hydrogen-bond donors (Lipinski definition) is 0. The van der Waals surface area contributed by atoms with E-state index < -0.39 is 0 Å². The molecule has 0 radical (unpaired) electrons. The summed E-state index contributed by atoms with van der Waals surface area (Å²) in [5.41, 5.74) is 3.88. The fourth-order valence-corrected chi connectivity index (χ4v) is 4.91. The second kappa shape index (κ2) is 7.56. The number of aromatic nitrogens is 1. The van der Waals surface area contributed by atoms with E-state index in [-0.39, 0.29) is 0 Å². The van der Waals surface area contributed by atoms with E-state index in [1.54, 1.807) is 34.9 Å². The molecule has 0 saturated carbocycles. The van der Waals surface area contributed by atoms with Crippen molar-refractivity contribution in [3.8, 4) is 11.1 Å². The summed E-state index contributed by atoms with van der Waals surface area (Å²) in [6.45, 7) is 4.27. The van der Waals surface area contributed by atoms with Gasteiger partial charge in [-0.15, -0.1) is 23.1 Å². The third-order valence-corrected chi connectivity index (χ3v) is 6.62. The largest absolute Gasteiger partial charge is 0.248 e. The normalized spacial score (nSPS) is 10.9. The second-order valence-electron chi connectivity index (χ2n) is 5.26. The van der Waals surface area contributed by atoms with E-state index in [9.17, 15) is 0 Å². The van der Waals surface area contributed by atoms with Gasteiger partial charge in [-0.2, -0.15) is 0 Å². The van der Waals surface area contributed by atoms with E-state index in [2.05, 4.69) is 67.6 Å². The van der Waals surface area contributed by atoms with Crippen LogP contribution in [0.3, 0.4) is 0 Å². The highest BCUT2D eigenvalue weighted by Crippen LogP contribution is 2.38. The van der Waals surface area contributed by atoms with Gasteiger partial charge in [0, 0.05) is 9.79 Å². The first-order chi connectivity index (χ1) is 11.2. The summed E-state index contributed by atoms with van der Waals surface area (Å²) in [6, 6.07) is 15.5. The van der Waals surface area contributed by atoms with E-state index in [1.807, 2.05) is 6.20 Å². The molecule has 4 heteroatoms. The molecule has 1 aromatic heterocycles. The monoisotopic (exact) mass is 357 g/mol. The topological polar surface area (TPSA) is 12.9 Å². The van der Waals surface area contributed by atoms with Gasteiger partial charge in [-0.3, -0.25) is 0 Å². The van der Waals surface area contributed by atoms with Crippen molar-refractivity contribution in [3.63, 3.8) is 0 Å². The van der Waals surface area contributed by atoms with Gasteiger partial charge in [0.1, 0.15) is 0 Å². The van der Waals surface area contributed by atoms with Crippen LogP contribution in [0.15, 0.2) is 62.7 Å². The van der Waals surface area contributed by atoms with Gasteiger partial charge in [0.15, 0.2) is 0 Å². The molecule has 118 valence electrons. The van der Waals surface area contributed by atoms with E-state index in [1.165, 1.54) is 35.7 Å². The molecule has 0 aliphatic heterocycles. The third kappa shape index (κ3) is 4.00. The highest BCUT2D eigenvalue weighted by atomic mass is 32.2. The molecule has 0 spiro atoms. The highest BCUT2D eigenvalue weighted by molar-refractivity contribution is 8.01. The maximum absolute atomic E-state index is 4.45. The van der Waals surface area contributed by atoms with Crippen LogP contribution in [-0.4, -0.2) is 11.2 Å². The molecule has 0 aliphatic carbocycles. The summed E-state index contributed by atoms with van der Waals surface area (Å²) in [4.78, 5) is 7.03. The number of benzene rings is 2. The summed E-state index contributed by atoms with van der Waals surface area (Å²) in [5.74, 6) is 0. The van der Waals surface area contributed by atoms with Crippen molar-refractivity contribution in [2.24, 2.45) is 0 Å². The van der Waals surface area contributed by atoms with E-state index in [4.69, 9.17) is 0 Å². The first-order valence-corrected chi connectivity index (χ1v) is 10.4. The third-order valence-electron chi connectivity index (χ3n) is 3.59. The Balaban J connectivity index is 1.93. The van der Waals surface area contributed by atoms with Gasteiger partial charge in [0.05, 0.1) is 15.4 Å². The van der Waals surface area contributed by atoms with Crippen molar-refractivity contribution >= 4 is 34.9 Å². The van der Waals surface area contributed by atoms with Crippen LogP contribution >= 0.6 is 34.9 Å². The molecule has 1 nitrogen and oxygen atoms in total. The smallest absolute Gasteiger partial charge is 0.0934 e. The fraction of sp³-hybridized carbons (Fsp3) is 0.211. The van der Waals surface area contributed by atoms with Crippen LogP contribution in [0.2, 0.25) is 0 Å². The summed E-state index contributed by atoms with van der Waals surface area (Å²) in [5, 5.41) is 1.20. The summed E-state index contributed by atoms with van der Waals surface area (Å²) >= 11 is 5.39. The van der Waals surface area contributed by atoms with Crippen molar-refractivity contribution in [1.82, 2.24) is 4.98 Å².